The fourth-order valence-electron chi connectivity index (χ4n) is 1.93. The molecule has 2 aromatic rings. The van der Waals surface area contributed by atoms with Crippen molar-refractivity contribution in [1.29, 1.82) is 5.26 Å². The zero-order chi connectivity index (χ0) is 15.2. The lowest BCUT2D eigenvalue weighted by atomic mass is 10.2. The summed E-state index contributed by atoms with van der Waals surface area (Å²) in [6.45, 7) is 1.91. The molecule has 2 rings (SSSR count). The zero-order valence-electron chi connectivity index (χ0n) is 11.9. The highest BCUT2D eigenvalue weighted by molar-refractivity contribution is 5.92. The van der Waals surface area contributed by atoms with Crippen molar-refractivity contribution < 1.29 is 9.53 Å². The van der Waals surface area contributed by atoms with Crippen LogP contribution in [0.3, 0.4) is 0 Å². The Balaban J connectivity index is 2.54. The molecule has 0 aliphatic rings. The summed E-state index contributed by atoms with van der Waals surface area (Å²) in [5, 5.41) is 10.6. The second-order valence-corrected chi connectivity index (χ2v) is 4.33. The zero-order valence-corrected chi connectivity index (χ0v) is 11.9. The summed E-state index contributed by atoms with van der Waals surface area (Å²) in [7, 11) is 1.95. The molecule has 106 valence electrons. The third-order valence-corrected chi connectivity index (χ3v) is 2.96. The van der Waals surface area contributed by atoms with Gasteiger partial charge in [0.2, 0.25) is 0 Å². The van der Waals surface area contributed by atoms with Crippen molar-refractivity contribution in [2.45, 2.75) is 6.92 Å². The van der Waals surface area contributed by atoms with Crippen LogP contribution in [0.5, 0.6) is 0 Å². The van der Waals surface area contributed by atoms with Crippen LogP contribution in [0.2, 0.25) is 0 Å². The Hall–Kier alpha value is -2.87. The Morgan fingerprint density at radius 1 is 1.43 bits per heavy atom. The molecule has 0 saturated heterocycles. The molecule has 0 atom stereocenters. The van der Waals surface area contributed by atoms with E-state index >= 15 is 0 Å². The van der Waals surface area contributed by atoms with Crippen LogP contribution in [-0.4, -0.2) is 17.1 Å². The van der Waals surface area contributed by atoms with Gasteiger partial charge in [-0.15, -0.1) is 0 Å². The highest BCUT2D eigenvalue weighted by atomic mass is 16.5. The molecule has 0 N–H and O–H groups in total. The number of fused-ring (bicyclic) bond motifs is 1. The van der Waals surface area contributed by atoms with Gasteiger partial charge in [-0.3, -0.25) is 4.99 Å². The quantitative estimate of drug-likeness (QED) is 0.491. The van der Waals surface area contributed by atoms with E-state index in [2.05, 4.69) is 4.99 Å². The summed E-state index contributed by atoms with van der Waals surface area (Å²) >= 11 is 0. The van der Waals surface area contributed by atoms with Gasteiger partial charge in [0.25, 0.3) is 0 Å². The topological polar surface area (TPSA) is 67.4 Å². The van der Waals surface area contributed by atoms with Gasteiger partial charge >= 0.3 is 5.97 Å². The molecule has 0 aliphatic carbocycles. The van der Waals surface area contributed by atoms with Crippen molar-refractivity contribution in [2.24, 2.45) is 12.0 Å². The fourth-order valence-corrected chi connectivity index (χ4v) is 1.93. The highest BCUT2D eigenvalue weighted by Gasteiger charge is 2.08. The number of para-hydroxylation sites is 1. The Morgan fingerprint density at radius 3 is 2.90 bits per heavy atom. The number of ether oxygens (including phenoxy) is 1. The molecule has 5 nitrogen and oxygen atoms in total. The number of carbonyl (C=O) groups excluding carboxylic acids is 1. The summed E-state index contributed by atoms with van der Waals surface area (Å²) in [6, 6.07) is 11.4. The lowest BCUT2D eigenvalue weighted by molar-refractivity contribution is -0.138. The van der Waals surface area contributed by atoms with E-state index in [0.29, 0.717) is 5.36 Å². The molecule has 0 unspecified atom stereocenters. The van der Waals surface area contributed by atoms with E-state index in [4.69, 9.17) is 10.00 Å². The average molecular weight is 281 g/mol. The molecule has 1 aromatic heterocycles. The lowest BCUT2D eigenvalue weighted by Crippen LogP contribution is -2.08. The normalized spacial score (nSPS) is 12.2. The van der Waals surface area contributed by atoms with Gasteiger partial charge in [-0.1, -0.05) is 18.2 Å². The van der Waals surface area contributed by atoms with Crippen molar-refractivity contribution in [2.75, 3.05) is 6.61 Å². The van der Waals surface area contributed by atoms with Crippen molar-refractivity contribution in [1.82, 2.24) is 4.57 Å². The third kappa shape index (κ3) is 3.18. The summed E-state index contributed by atoms with van der Waals surface area (Å²) in [4.78, 5) is 15.8. The minimum atomic E-state index is -0.658. The van der Waals surface area contributed by atoms with Gasteiger partial charge in [-0.05, 0) is 19.1 Å². The van der Waals surface area contributed by atoms with Crippen molar-refractivity contribution >= 4 is 16.9 Å². The first kappa shape index (κ1) is 14.5. The number of aromatic nitrogens is 1. The minimum Gasteiger partial charge on any atom is -0.462 e. The maximum atomic E-state index is 11.5. The number of hydrogen-bond acceptors (Lipinski definition) is 4. The lowest BCUT2D eigenvalue weighted by Gasteiger charge is -2.04. The number of rotatable bonds is 3. The van der Waals surface area contributed by atoms with Gasteiger partial charge in [0.1, 0.15) is 6.07 Å². The minimum absolute atomic E-state index is 0.117. The second-order valence-electron chi connectivity index (χ2n) is 4.33. The van der Waals surface area contributed by atoms with Crippen LogP contribution < -0.4 is 5.36 Å². The number of hydrogen-bond donors (Lipinski definition) is 0. The number of aryl methyl sites for hydroxylation is 1. The monoisotopic (exact) mass is 281 g/mol. The molecule has 0 saturated carbocycles. The molecule has 0 amide bonds. The van der Waals surface area contributed by atoms with Crippen molar-refractivity contribution in [3.63, 3.8) is 0 Å². The molecule has 0 fully saturated rings. The van der Waals surface area contributed by atoms with Crippen LogP contribution in [-0.2, 0) is 16.6 Å². The molecule has 0 bridgehead atoms. The molecule has 0 spiro atoms. The fraction of sp³-hybridized carbons (Fsp3) is 0.188. The van der Waals surface area contributed by atoms with Crippen LogP contribution in [0, 0.1) is 11.3 Å². The molecular weight excluding hydrogens is 266 g/mol. The maximum absolute atomic E-state index is 11.5. The van der Waals surface area contributed by atoms with Crippen LogP contribution in [0.4, 0.5) is 0 Å². The molecule has 5 heteroatoms. The van der Waals surface area contributed by atoms with E-state index in [9.17, 15) is 4.79 Å². The first-order valence-electron chi connectivity index (χ1n) is 6.53. The van der Waals surface area contributed by atoms with Gasteiger partial charge in [0, 0.05) is 24.1 Å². The molecule has 1 heterocycles. The smallest absolute Gasteiger partial charge is 0.350 e. The molecular formula is C16H15N3O2. The Kier molecular flexibility index (Phi) is 4.52. The Morgan fingerprint density at radius 2 is 2.19 bits per heavy atom. The first-order chi connectivity index (χ1) is 10.2. The second kappa shape index (κ2) is 6.53. The third-order valence-electron chi connectivity index (χ3n) is 2.96. The summed E-state index contributed by atoms with van der Waals surface area (Å²) in [6.07, 6.45) is 3.13. The largest absolute Gasteiger partial charge is 0.462 e. The average Bonchev–Trinajstić information content (AvgIpc) is 2.50. The van der Waals surface area contributed by atoms with E-state index in [1.165, 1.54) is 6.20 Å². The first-order valence-corrected chi connectivity index (χ1v) is 6.53. The van der Waals surface area contributed by atoms with Gasteiger partial charge in [0.15, 0.2) is 5.57 Å². The van der Waals surface area contributed by atoms with Crippen LogP contribution in [0.1, 0.15) is 6.92 Å². The summed E-state index contributed by atoms with van der Waals surface area (Å²) in [5.41, 5.74) is 0.899. The van der Waals surface area contributed by atoms with Crippen LogP contribution in [0.15, 0.2) is 53.3 Å². The van der Waals surface area contributed by atoms with E-state index in [-0.39, 0.29) is 12.2 Å². The van der Waals surface area contributed by atoms with E-state index in [1.807, 2.05) is 48.1 Å². The standard InChI is InChI=1S/C16H15N3O2/c1-3-21-16(20)12(10-17)11-18-14-8-9-19(2)15-7-5-4-6-13(14)15/h4-9,11H,3H2,1-2H3. The van der Waals surface area contributed by atoms with Crippen molar-refractivity contribution in [3.8, 4) is 6.07 Å². The number of nitrogens with zero attached hydrogens (tertiary/aromatic N) is 3. The Labute approximate surface area is 122 Å². The summed E-state index contributed by atoms with van der Waals surface area (Å²) in [5.74, 6) is -0.658. The SMILES string of the molecule is CCOC(=O)C(C#N)=CN=c1ccn(C)c2ccccc12. The highest BCUT2D eigenvalue weighted by Crippen LogP contribution is 2.07. The van der Waals surface area contributed by atoms with Gasteiger partial charge < -0.3 is 9.30 Å². The van der Waals surface area contributed by atoms with Gasteiger partial charge in [0.05, 0.1) is 18.2 Å². The molecule has 1 aromatic carbocycles. The van der Waals surface area contributed by atoms with E-state index in [1.54, 1.807) is 13.0 Å². The predicted octanol–water partition coefficient (Wildman–Crippen LogP) is 2.05. The number of nitriles is 1. The number of pyridine rings is 1. The number of esters is 1. The van der Waals surface area contributed by atoms with Crippen LogP contribution >= 0.6 is 0 Å². The van der Waals surface area contributed by atoms with Crippen molar-refractivity contribution in [3.05, 3.63) is 53.7 Å². The predicted molar refractivity (Wildman–Crippen MR) is 78.8 cm³/mol. The van der Waals surface area contributed by atoms with Crippen LogP contribution in [0.25, 0.3) is 10.9 Å². The maximum Gasteiger partial charge on any atom is 0.350 e. The van der Waals surface area contributed by atoms with Gasteiger partial charge in [-0.2, -0.15) is 5.26 Å². The molecule has 0 radical (unpaired) electrons. The molecule has 21 heavy (non-hydrogen) atoms. The Bertz CT molecular complexity index is 810. The van der Waals surface area contributed by atoms with E-state index < -0.39 is 5.97 Å². The van der Waals surface area contributed by atoms with Gasteiger partial charge in [-0.25, -0.2) is 4.79 Å². The summed E-state index contributed by atoms with van der Waals surface area (Å²) < 4.78 is 6.78. The number of benzene rings is 1. The molecule has 0 aliphatic heterocycles. The van der Waals surface area contributed by atoms with E-state index in [0.717, 1.165) is 10.9 Å². The number of carbonyl (C=O) groups is 1.